The number of nitrogens with zero attached hydrogens (tertiary/aromatic N) is 4. The van der Waals surface area contributed by atoms with Gasteiger partial charge in [-0.2, -0.15) is 0 Å². The summed E-state index contributed by atoms with van der Waals surface area (Å²) in [5.74, 6) is 1.78. The van der Waals surface area contributed by atoms with E-state index < -0.39 is 0 Å². The number of hydrogen-bond donors (Lipinski definition) is 0. The third-order valence-corrected chi connectivity index (χ3v) is 8.28. The number of aromatic nitrogens is 4. The Morgan fingerprint density at radius 2 is 1.37 bits per heavy atom. The Bertz CT molecular complexity index is 2450. The lowest BCUT2D eigenvalue weighted by molar-refractivity contribution is 1.08. The monoisotopic (exact) mass is 552 g/mol. The van der Waals surface area contributed by atoms with Crippen LogP contribution in [0.1, 0.15) is 6.92 Å². The van der Waals surface area contributed by atoms with Crippen LogP contribution in [0.5, 0.6) is 0 Å². The minimum absolute atomic E-state index is 0.882. The number of fused-ring (bicyclic) bond motifs is 7. The van der Waals surface area contributed by atoms with E-state index in [1.807, 2.05) is 30.5 Å². The summed E-state index contributed by atoms with van der Waals surface area (Å²) in [5, 5.41) is 6.86. The van der Waals surface area contributed by atoms with Gasteiger partial charge in [-0.3, -0.25) is 8.97 Å². The Balaban J connectivity index is 1.75. The molecule has 4 aromatic carbocycles. The average Bonchev–Trinajstić information content (AvgIpc) is 3.63. The number of imidazole rings is 1. The van der Waals surface area contributed by atoms with E-state index in [1.54, 1.807) is 0 Å². The molecule has 43 heavy (non-hydrogen) atoms. The molecule has 0 N–H and O–H groups in total. The summed E-state index contributed by atoms with van der Waals surface area (Å²) >= 11 is 0. The fourth-order valence-electron chi connectivity index (χ4n) is 6.55. The maximum Gasteiger partial charge on any atom is 0.145 e. The molecule has 0 amide bonds. The number of allylic oxidation sites excluding steroid dienone is 1. The van der Waals surface area contributed by atoms with E-state index in [-0.39, 0.29) is 0 Å². The van der Waals surface area contributed by atoms with Gasteiger partial charge in [0.05, 0.1) is 27.6 Å². The van der Waals surface area contributed by atoms with Crippen molar-refractivity contribution in [1.82, 2.24) is 18.9 Å². The van der Waals surface area contributed by atoms with Gasteiger partial charge in [0.1, 0.15) is 11.6 Å². The van der Waals surface area contributed by atoms with E-state index in [1.165, 1.54) is 10.8 Å². The molecule has 0 aliphatic carbocycles. The molecule has 4 heteroatoms. The second-order valence-corrected chi connectivity index (χ2v) is 10.6. The van der Waals surface area contributed by atoms with Crippen LogP contribution in [-0.4, -0.2) is 18.9 Å². The lowest BCUT2D eigenvalue weighted by atomic mass is 10.0. The van der Waals surface area contributed by atoms with Crippen molar-refractivity contribution in [2.75, 3.05) is 0 Å². The van der Waals surface area contributed by atoms with Gasteiger partial charge >= 0.3 is 0 Å². The molecule has 0 aliphatic rings. The molecule has 0 bridgehead atoms. The Kier molecular flexibility index (Phi) is 5.80. The zero-order valence-electron chi connectivity index (χ0n) is 23.8. The van der Waals surface area contributed by atoms with Crippen molar-refractivity contribution in [2.45, 2.75) is 6.92 Å². The van der Waals surface area contributed by atoms with Crippen LogP contribution in [0.25, 0.3) is 78.7 Å². The molecule has 204 valence electrons. The molecule has 0 radical (unpaired) electrons. The van der Waals surface area contributed by atoms with E-state index in [2.05, 4.69) is 132 Å². The highest BCUT2D eigenvalue weighted by atomic mass is 15.1. The molecule has 4 aromatic heterocycles. The quantitative estimate of drug-likeness (QED) is 0.221. The number of benzene rings is 4. The molecular weight excluding hydrogens is 524 g/mol. The van der Waals surface area contributed by atoms with Crippen molar-refractivity contribution < 1.29 is 0 Å². The van der Waals surface area contributed by atoms with Crippen LogP contribution in [0.15, 0.2) is 134 Å². The molecule has 8 rings (SSSR count). The van der Waals surface area contributed by atoms with Gasteiger partial charge in [0, 0.05) is 38.7 Å². The summed E-state index contributed by atoms with van der Waals surface area (Å²) in [6, 6.07) is 40.2. The third kappa shape index (κ3) is 3.70. The van der Waals surface area contributed by atoms with E-state index in [9.17, 15) is 0 Å². The first-order valence-corrected chi connectivity index (χ1v) is 14.5. The van der Waals surface area contributed by atoms with Gasteiger partial charge in [-0.05, 0) is 36.6 Å². The normalized spacial score (nSPS) is 12.7. The highest BCUT2D eigenvalue weighted by Crippen LogP contribution is 2.40. The summed E-state index contributed by atoms with van der Waals surface area (Å²) in [6.07, 6.45) is 8.03. The fraction of sp³-hybridized carbons (Fsp3) is 0.0256. The summed E-state index contributed by atoms with van der Waals surface area (Å²) < 4.78 is 4.64. The number of pyridine rings is 2. The first kappa shape index (κ1) is 25.0. The van der Waals surface area contributed by atoms with E-state index >= 15 is 0 Å². The minimum atomic E-state index is 0.882. The van der Waals surface area contributed by atoms with Crippen LogP contribution in [0.3, 0.4) is 0 Å². The van der Waals surface area contributed by atoms with Crippen LogP contribution in [0, 0.1) is 0 Å². The Morgan fingerprint density at radius 1 is 0.674 bits per heavy atom. The third-order valence-electron chi connectivity index (χ3n) is 8.28. The lowest BCUT2D eigenvalue weighted by Gasteiger charge is -2.13. The molecule has 0 spiro atoms. The van der Waals surface area contributed by atoms with Gasteiger partial charge in [0.2, 0.25) is 0 Å². The van der Waals surface area contributed by atoms with Crippen molar-refractivity contribution in [3.8, 4) is 28.5 Å². The highest BCUT2D eigenvalue weighted by molar-refractivity contribution is 6.24. The summed E-state index contributed by atoms with van der Waals surface area (Å²) in [5.41, 5.74) is 6.36. The molecule has 4 nitrogen and oxygen atoms in total. The summed E-state index contributed by atoms with van der Waals surface area (Å²) in [7, 11) is 0. The van der Waals surface area contributed by atoms with Crippen molar-refractivity contribution in [3.05, 3.63) is 145 Å². The highest BCUT2D eigenvalue weighted by Gasteiger charge is 2.23. The van der Waals surface area contributed by atoms with Crippen LogP contribution >= 0.6 is 0 Å². The summed E-state index contributed by atoms with van der Waals surface area (Å²) in [6.45, 7) is 6.21. The maximum atomic E-state index is 5.43. The van der Waals surface area contributed by atoms with Crippen LogP contribution < -0.4 is 10.6 Å². The molecular formula is C39H28N4. The minimum Gasteiger partial charge on any atom is -0.293 e. The number of hydrogen-bond acceptors (Lipinski definition) is 2. The van der Waals surface area contributed by atoms with Gasteiger partial charge < -0.3 is 0 Å². The van der Waals surface area contributed by atoms with Crippen molar-refractivity contribution in [3.63, 3.8) is 0 Å². The van der Waals surface area contributed by atoms with Gasteiger partial charge in [0.15, 0.2) is 0 Å². The molecule has 0 unspecified atom stereocenters. The van der Waals surface area contributed by atoms with Gasteiger partial charge in [-0.1, -0.05) is 116 Å². The average molecular weight is 553 g/mol. The van der Waals surface area contributed by atoms with Crippen molar-refractivity contribution >= 4 is 50.2 Å². The predicted octanol–water partition coefficient (Wildman–Crippen LogP) is 8.08. The smallest absolute Gasteiger partial charge is 0.145 e. The Hall–Kier alpha value is -5.74. The second kappa shape index (κ2) is 9.97. The predicted molar refractivity (Wildman–Crippen MR) is 180 cm³/mol. The van der Waals surface area contributed by atoms with Crippen LogP contribution in [0.2, 0.25) is 0 Å². The molecule has 0 saturated heterocycles. The first-order chi connectivity index (χ1) is 21.3. The fourth-order valence-corrected chi connectivity index (χ4v) is 6.55. The van der Waals surface area contributed by atoms with Crippen molar-refractivity contribution in [1.29, 1.82) is 0 Å². The van der Waals surface area contributed by atoms with Crippen molar-refractivity contribution in [2.24, 2.45) is 0 Å². The summed E-state index contributed by atoms with van der Waals surface area (Å²) in [4.78, 5) is 10.3. The van der Waals surface area contributed by atoms with E-state index in [0.717, 1.165) is 66.4 Å². The largest absolute Gasteiger partial charge is 0.293 e. The van der Waals surface area contributed by atoms with Crippen LogP contribution in [-0.2, 0) is 0 Å². The Morgan fingerprint density at radius 3 is 2.09 bits per heavy atom. The van der Waals surface area contributed by atoms with E-state index in [0.29, 0.717) is 0 Å². The lowest BCUT2D eigenvalue weighted by Crippen LogP contribution is -2.32. The standard InChI is InChI=1S/C39H28N4/c1-3-15-32-28(4-2)30-23-24-31-29-20-11-12-21-33(29)42(34-22-13-14-25-40-34)37(31)35(30)38-36(26-16-7-5-8-17-26)41-39(43(32)38)27-18-9-6-10-19-27/h3-25H,1H2,2H3/b28-4-,32-15+. The van der Waals surface area contributed by atoms with Crippen LogP contribution in [0.4, 0.5) is 0 Å². The molecule has 0 saturated carbocycles. The molecule has 0 atom stereocenters. The molecule has 4 heterocycles. The molecule has 0 aliphatic heterocycles. The Labute approximate surface area is 248 Å². The van der Waals surface area contributed by atoms with Gasteiger partial charge in [0.25, 0.3) is 0 Å². The van der Waals surface area contributed by atoms with E-state index in [4.69, 9.17) is 9.97 Å². The molecule has 0 fully saturated rings. The SMILES string of the molecule is C=C/C=c1\c(=C/C)c2ccc3c4ccccc4n(-c4ccccn4)c3c2c2c(-c3ccccc3)nc(-c3ccccc3)n12. The van der Waals surface area contributed by atoms with Gasteiger partial charge in [-0.15, -0.1) is 0 Å². The maximum absolute atomic E-state index is 5.43. The number of para-hydroxylation sites is 1. The zero-order chi connectivity index (χ0) is 28.9. The topological polar surface area (TPSA) is 35.1 Å². The first-order valence-electron chi connectivity index (χ1n) is 14.5. The molecule has 8 aromatic rings. The number of rotatable bonds is 4. The zero-order valence-corrected chi connectivity index (χ0v) is 23.8. The second-order valence-electron chi connectivity index (χ2n) is 10.6. The van der Waals surface area contributed by atoms with Gasteiger partial charge in [-0.25, -0.2) is 9.97 Å².